The zero-order valence-electron chi connectivity index (χ0n) is 21.7. The Morgan fingerprint density at radius 3 is 2.53 bits per heavy atom. The Kier molecular flexibility index (Phi) is 7.47. The number of nitriles is 1. The van der Waals surface area contributed by atoms with Crippen molar-refractivity contribution in [2.24, 2.45) is 0 Å². The molecule has 0 atom stereocenters. The van der Waals surface area contributed by atoms with Crippen LogP contribution in [0.1, 0.15) is 36.1 Å². The number of thiocarbonyl (C=S) groups is 1. The van der Waals surface area contributed by atoms with Gasteiger partial charge in [0.05, 0.1) is 11.4 Å². The van der Waals surface area contributed by atoms with E-state index >= 15 is 0 Å². The lowest BCUT2D eigenvalue weighted by Crippen LogP contribution is -2.48. The smallest absolute Gasteiger partial charge is 0.270 e. The van der Waals surface area contributed by atoms with Crippen LogP contribution in [0, 0.1) is 18.3 Å². The summed E-state index contributed by atoms with van der Waals surface area (Å²) in [7, 11) is 0. The highest BCUT2D eigenvalue weighted by Gasteiger charge is 2.34. The van der Waals surface area contributed by atoms with Crippen LogP contribution in [0.15, 0.2) is 27.9 Å². The molecule has 0 aliphatic carbocycles. The molecule has 3 aliphatic rings. The minimum absolute atomic E-state index is 0.102. The lowest BCUT2D eigenvalue weighted by Gasteiger charge is -2.37. The molecule has 0 unspecified atom stereocenters. The largest absolute Gasteiger partial charge is 0.454 e. The van der Waals surface area contributed by atoms with Gasteiger partial charge in [-0.15, -0.1) is 0 Å². The number of amides is 1. The number of carbonyl (C=O) groups excluding carboxylic acids is 1. The number of fused-ring (bicyclic) bond motifs is 1. The summed E-state index contributed by atoms with van der Waals surface area (Å²) in [6.07, 6.45) is 1.81. The SMILES string of the molecule is CCN1CCN(c2c(/C=C3/SC(=S)N(Cc4ccc5c(c4)OCO5)C3=O)c(C)c(C#N)c(=O)n2CC)CC1. The van der Waals surface area contributed by atoms with Crippen LogP contribution in [0.5, 0.6) is 11.5 Å². The summed E-state index contributed by atoms with van der Waals surface area (Å²) in [5, 5.41) is 9.81. The summed E-state index contributed by atoms with van der Waals surface area (Å²) in [6, 6.07) is 7.68. The predicted molar refractivity (Wildman–Crippen MR) is 151 cm³/mol. The number of benzene rings is 1. The van der Waals surface area contributed by atoms with Crippen LogP contribution in [-0.2, 0) is 17.9 Å². The van der Waals surface area contributed by atoms with Gasteiger partial charge < -0.3 is 19.3 Å². The molecule has 0 N–H and O–H groups in total. The second kappa shape index (κ2) is 10.8. The Balaban J connectivity index is 1.52. The molecule has 0 spiro atoms. The third kappa shape index (κ3) is 4.68. The minimum Gasteiger partial charge on any atom is -0.454 e. The molecule has 198 valence electrons. The Labute approximate surface area is 231 Å². The number of likely N-dealkylation sites (N-methyl/N-ethyl adjacent to an activating group) is 1. The number of rotatable bonds is 6. The highest BCUT2D eigenvalue weighted by molar-refractivity contribution is 8.26. The number of ether oxygens (including phenoxy) is 2. The van der Waals surface area contributed by atoms with Gasteiger partial charge in [-0.1, -0.05) is 37.0 Å². The summed E-state index contributed by atoms with van der Waals surface area (Å²) in [5.41, 5.74) is 1.98. The molecule has 3 aliphatic heterocycles. The second-order valence-corrected chi connectivity index (χ2v) is 11.0. The molecule has 38 heavy (non-hydrogen) atoms. The van der Waals surface area contributed by atoms with Crippen molar-refractivity contribution in [2.75, 3.05) is 44.4 Å². The van der Waals surface area contributed by atoms with E-state index in [0.717, 1.165) is 49.7 Å². The summed E-state index contributed by atoms with van der Waals surface area (Å²) in [6.45, 7) is 11.0. The third-order valence-electron chi connectivity index (χ3n) is 7.21. The maximum Gasteiger partial charge on any atom is 0.270 e. The van der Waals surface area contributed by atoms with Crippen LogP contribution in [0.3, 0.4) is 0 Å². The van der Waals surface area contributed by atoms with Crippen molar-refractivity contribution in [1.29, 1.82) is 5.26 Å². The Bertz CT molecular complexity index is 1440. The van der Waals surface area contributed by atoms with Gasteiger partial charge in [-0.05, 0) is 49.7 Å². The highest BCUT2D eigenvalue weighted by Crippen LogP contribution is 2.38. The van der Waals surface area contributed by atoms with Gasteiger partial charge in [0.1, 0.15) is 21.8 Å². The summed E-state index contributed by atoms with van der Waals surface area (Å²) in [4.78, 5) is 33.4. The molecule has 1 aromatic carbocycles. The average molecular weight is 552 g/mol. The van der Waals surface area contributed by atoms with Gasteiger partial charge in [0.2, 0.25) is 6.79 Å². The fourth-order valence-corrected chi connectivity index (χ4v) is 6.28. The Morgan fingerprint density at radius 2 is 1.84 bits per heavy atom. The first-order valence-corrected chi connectivity index (χ1v) is 13.9. The van der Waals surface area contributed by atoms with E-state index in [1.807, 2.05) is 31.2 Å². The Hall–Kier alpha value is -3.33. The quantitative estimate of drug-likeness (QED) is 0.396. The Morgan fingerprint density at radius 1 is 1.11 bits per heavy atom. The molecule has 2 fully saturated rings. The van der Waals surface area contributed by atoms with Crippen LogP contribution >= 0.6 is 24.0 Å². The normalized spacial score (nSPS) is 18.5. The standard InChI is InChI=1S/C27H29N5O4S2/c1-4-29-8-10-30(11-9-29)24-19(17(3)20(14-28)25(33)31(24)5-2)13-23-26(34)32(27(37)38-23)15-18-6-7-21-22(12-18)36-16-35-21/h6-7,12-13H,4-5,8-11,15-16H2,1-3H3/b23-13+. The fraction of sp³-hybridized carbons (Fsp3) is 0.407. The third-order valence-corrected chi connectivity index (χ3v) is 8.59. The number of piperazine rings is 1. The molecule has 1 amide bonds. The van der Waals surface area contributed by atoms with Crippen molar-refractivity contribution in [3.63, 3.8) is 0 Å². The van der Waals surface area contributed by atoms with Crippen molar-refractivity contribution < 1.29 is 14.3 Å². The van der Waals surface area contributed by atoms with Crippen molar-refractivity contribution in [1.82, 2.24) is 14.4 Å². The van der Waals surface area contributed by atoms with Crippen molar-refractivity contribution in [2.45, 2.75) is 33.9 Å². The summed E-state index contributed by atoms with van der Waals surface area (Å²) in [5.74, 6) is 1.89. The first kappa shape index (κ1) is 26.3. The molecule has 2 saturated heterocycles. The van der Waals surface area contributed by atoms with E-state index in [2.05, 4.69) is 22.8 Å². The molecular weight excluding hydrogens is 522 g/mol. The topological polar surface area (TPSA) is 91.0 Å². The van der Waals surface area contributed by atoms with E-state index in [1.165, 1.54) is 11.8 Å². The number of hydrogen-bond acceptors (Lipinski definition) is 9. The maximum atomic E-state index is 13.6. The van der Waals surface area contributed by atoms with Crippen molar-refractivity contribution in [3.8, 4) is 17.6 Å². The van der Waals surface area contributed by atoms with E-state index < -0.39 is 0 Å². The van der Waals surface area contributed by atoms with E-state index in [4.69, 9.17) is 21.7 Å². The molecule has 0 radical (unpaired) electrons. The van der Waals surface area contributed by atoms with Gasteiger partial charge in [0.15, 0.2) is 11.5 Å². The van der Waals surface area contributed by atoms with Gasteiger partial charge in [-0.25, -0.2) is 0 Å². The first-order valence-electron chi connectivity index (χ1n) is 12.6. The molecule has 2 aromatic rings. The average Bonchev–Trinajstić information content (AvgIpc) is 3.50. The number of anilines is 1. The van der Waals surface area contributed by atoms with Crippen LogP contribution in [0.4, 0.5) is 5.82 Å². The van der Waals surface area contributed by atoms with E-state index in [1.54, 1.807) is 16.4 Å². The molecular formula is C27H29N5O4S2. The molecule has 1 aromatic heterocycles. The van der Waals surface area contributed by atoms with Gasteiger partial charge in [0.25, 0.3) is 11.5 Å². The van der Waals surface area contributed by atoms with Gasteiger partial charge in [-0.3, -0.25) is 19.1 Å². The molecule has 0 saturated carbocycles. The van der Waals surface area contributed by atoms with Gasteiger partial charge in [-0.2, -0.15) is 5.26 Å². The minimum atomic E-state index is -0.298. The van der Waals surface area contributed by atoms with E-state index in [-0.39, 0.29) is 23.8 Å². The number of thioether (sulfide) groups is 1. The van der Waals surface area contributed by atoms with Crippen molar-refractivity contribution >= 4 is 46.1 Å². The zero-order valence-corrected chi connectivity index (χ0v) is 23.3. The van der Waals surface area contributed by atoms with Crippen LogP contribution in [0.2, 0.25) is 0 Å². The lowest BCUT2D eigenvalue weighted by molar-refractivity contribution is -0.122. The summed E-state index contributed by atoms with van der Waals surface area (Å²) >= 11 is 6.83. The first-order chi connectivity index (χ1) is 18.4. The van der Waals surface area contributed by atoms with Crippen LogP contribution in [-0.4, -0.2) is 64.1 Å². The van der Waals surface area contributed by atoms with Gasteiger partial charge >= 0.3 is 0 Å². The molecule has 4 heterocycles. The monoisotopic (exact) mass is 551 g/mol. The fourth-order valence-electron chi connectivity index (χ4n) is 5.04. The van der Waals surface area contributed by atoms with Crippen LogP contribution < -0.4 is 19.9 Å². The second-order valence-electron chi connectivity index (χ2n) is 9.28. The number of hydrogen-bond donors (Lipinski definition) is 0. The number of aromatic nitrogens is 1. The zero-order chi connectivity index (χ0) is 27.0. The maximum absolute atomic E-state index is 13.6. The summed E-state index contributed by atoms with van der Waals surface area (Å²) < 4.78 is 13.0. The van der Waals surface area contributed by atoms with E-state index in [9.17, 15) is 14.9 Å². The number of carbonyl (C=O) groups is 1. The number of nitrogens with zero attached hydrogens (tertiary/aromatic N) is 5. The van der Waals surface area contributed by atoms with Crippen molar-refractivity contribution in [3.05, 3.63) is 55.7 Å². The predicted octanol–water partition coefficient (Wildman–Crippen LogP) is 3.32. The van der Waals surface area contributed by atoms with Crippen LogP contribution in [0.25, 0.3) is 6.08 Å². The highest BCUT2D eigenvalue weighted by atomic mass is 32.2. The molecule has 9 nitrogen and oxygen atoms in total. The lowest BCUT2D eigenvalue weighted by atomic mass is 10.0. The molecule has 5 rings (SSSR count). The molecule has 11 heteroatoms. The van der Waals surface area contributed by atoms with Gasteiger partial charge in [0, 0.05) is 38.3 Å². The van der Waals surface area contributed by atoms with E-state index in [0.29, 0.717) is 39.4 Å². The number of pyridine rings is 1. The molecule has 0 bridgehead atoms.